The lowest BCUT2D eigenvalue weighted by molar-refractivity contribution is -0.111. The van der Waals surface area contributed by atoms with E-state index in [0.29, 0.717) is 0 Å². The van der Waals surface area contributed by atoms with Gasteiger partial charge in [0.1, 0.15) is 5.75 Å². The lowest BCUT2D eigenvalue weighted by Gasteiger charge is -2.04. The summed E-state index contributed by atoms with van der Waals surface area (Å²) in [4.78, 5) is 11.7. The smallest absolute Gasteiger partial charge is 0.184 e. The van der Waals surface area contributed by atoms with Crippen LogP contribution in [-0.2, 0) is 4.79 Å². The molecule has 1 aromatic carbocycles. The molecule has 94 valence electrons. The van der Waals surface area contributed by atoms with Gasteiger partial charge in [-0.2, -0.15) is 0 Å². The van der Waals surface area contributed by atoms with Gasteiger partial charge < -0.3 is 4.74 Å². The zero-order valence-corrected chi connectivity index (χ0v) is 10.7. The van der Waals surface area contributed by atoms with Gasteiger partial charge in [0.25, 0.3) is 0 Å². The molecular weight excluding hydrogens is 224 g/mol. The third-order valence-corrected chi connectivity index (χ3v) is 3.00. The van der Waals surface area contributed by atoms with Crippen molar-refractivity contribution in [3.8, 4) is 5.75 Å². The Labute approximate surface area is 108 Å². The van der Waals surface area contributed by atoms with Crippen molar-refractivity contribution in [3.63, 3.8) is 0 Å². The molecule has 0 aliphatic heterocycles. The average Bonchev–Trinajstić information content (AvgIpc) is 2.70. The van der Waals surface area contributed by atoms with Gasteiger partial charge in [-0.15, -0.1) is 0 Å². The number of hydrogen-bond donors (Lipinski definition) is 0. The van der Waals surface area contributed by atoms with Crippen molar-refractivity contribution in [2.24, 2.45) is 0 Å². The van der Waals surface area contributed by atoms with Gasteiger partial charge >= 0.3 is 0 Å². The van der Waals surface area contributed by atoms with E-state index in [0.717, 1.165) is 48.3 Å². The summed E-state index contributed by atoms with van der Waals surface area (Å²) in [5, 5.41) is 0. The van der Waals surface area contributed by atoms with E-state index >= 15 is 0 Å². The largest absolute Gasteiger partial charge is 0.494 e. The molecule has 0 aromatic heterocycles. The molecule has 1 aliphatic carbocycles. The molecule has 2 heteroatoms. The summed E-state index contributed by atoms with van der Waals surface area (Å²) >= 11 is 0. The van der Waals surface area contributed by atoms with Crippen molar-refractivity contribution in [1.82, 2.24) is 0 Å². The van der Waals surface area contributed by atoms with E-state index in [1.54, 1.807) is 0 Å². The number of hydrogen-bond acceptors (Lipinski definition) is 2. The molecule has 1 aromatic rings. The highest BCUT2D eigenvalue weighted by atomic mass is 16.5. The van der Waals surface area contributed by atoms with Crippen molar-refractivity contribution in [2.45, 2.75) is 26.2 Å². The van der Waals surface area contributed by atoms with Gasteiger partial charge in [-0.1, -0.05) is 25.6 Å². The molecule has 0 heterocycles. The summed E-state index contributed by atoms with van der Waals surface area (Å²) < 4.78 is 5.52. The number of ether oxygens (including phenoxy) is 1. The van der Waals surface area contributed by atoms with E-state index in [2.05, 4.69) is 13.5 Å². The highest BCUT2D eigenvalue weighted by molar-refractivity contribution is 6.12. The quantitative estimate of drug-likeness (QED) is 0.751. The summed E-state index contributed by atoms with van der Waals surface area (Å²) in [5.74, 6) is 0.988. The van der Waals surface area contributed by atoms with Gasteiger partial charge in [0.15, 0.2) is 5.78 Å². The van der Waals surface area contributed by atoms with E-state index in [1.165, 1.54) is 0 Å². The third-order valence-electron chi connectivity index (χ3n) is 3.00. The SMILES string of the molecule is C=C1CCC(=Cc2ccc(OCCC)cc2)C1=O. The molecule has 18 heavy (non-hydrogen) atoms. The number of benzene rings is 1. The first-order valence-electron chi connectivity index (χ1n) is 6.36. The predicted molar refractivity (Wildman–Crippen MR) is 73.6 cm³/mol. The molecule has 1 fully saturated rings. The zero-order chi connectivity index (χ0) is 13.0. The Morgan fingerprint density at radius 3 is 2.56 bits per heavy atom. The van der Waals surface area contributed by atoms with Crippen LogP contribution in [0, 0.1) is 0 Å². The molecule has 0 amide bonds. The molecule has 2 nitrogen and oxygen atoms in total. The minimum absolute atomic E-state index is 0.112. The number of ketones is 1. The van der Waals surface area contributed by atoms with Crippen LogP contribution in [0.5, 0.6) is 5.75 Å². The van der Waals surface area contributed by atoms with Crippen LogP contribution < -0.4 is 4.74 Å². The molecule has 0 bridgehead atoms. The average molecular weight is 242 g/mol. The number of carbonyl (C=O) groups excluding carboxylic acids is 1. The van der Waals surface area contributed by atoms with Crippen LogP contribution >= 0.6 is 0 Å². The molecule has 0 spiro atoms. The molecule has 0 radical (unpaired) electrons. The number of allylic oxidation sites excluding steroid dienone is 2. The van der Waals surface area contributed by atoms with Crippen LogP contribution in [0.15, 0.2) is 42.0 Å². The van der Waals surface area contributed by atoms with Crippen molar-refractivity contribution < 1.29 is 9.53 Å². The molecular formula is C16H18O2. The van der Waals surface area contributed by atoms with Gasteiger partial charge in [-0.3, -0.25) is 4.79 Å². The third kappa shape index (κ3) is 2.89. The molecule has 0 N–H and O–H groups in total. The van der Waals surface area contributed by atoms with E-state index in [1.807, 2.05) is 30.3 Å². The maximum absolute atomic E-state index is 11.7. The molecule has 0 unspecified atom stereocenters. The van der Waals surface area contributed by atoms with Crippen LogP contribution in [0.4, 0.5) is 0 Å². The summed E-state index contributed by atoms with van der Waals surface area (Å²) in [7, 11) is 0. The van der Waals surface area contributed by atoms with Crippen LogP contribution in [-0.4, -0.2) is 12.4 Å². The van der Waals surface area contributed by atoms with E-state index in [9.17, 15) is 4.79 Å². The van der Waals surface area contributed by atoms with Crippen molar-refractivity contribution in [2.75, 3.05) is 6.61 Å². The maximum Gasteiger partial charge on any atom is 0.184 e. The molecule has 2 rings (SSSR count). The van der Waals surface area contributed by atoms with Crippen molar-refractivity contribution in [1.29, 1.82) is 0 Å². The number of Topliss-reactive ketones (excluding diaryl/α,β-unsaturated/α-hetero) is 1. The van der Waals surface area contributed by atoms with Gasteiger partial charge in [-0.25, -0.2) is 0 Å². The summed E-state index contributed by atoms with van der Waals surface area (Å²) in [6, 6.07) is 7.84. The minimum atomic E-state index is 0.112. The lowest BCUT2D eigenvalue weighted by atomic mass is 10.1. The van der Waals surface area contributed by atoms with Gasteiger partial charge in [-0.05, 0) is 48.6 Å². The van der Waals surface area contributed by atoms with Gasteiger partial charge in [0, 0.05) is 5.57 Å². The normalized spacial score (nSPS) is 17.5. The first kappa shape index (κ1) is 12.6. The van der Waals surface area contributed by atoms with Crippen LogP contribution in [0.2, 0.25) is 0 Å². The fraction of sp³-hybridized carbons (Fsp3) is 0.312. The maximum atomic E-state index is 11.7. The second-order valence-electron chi connectivity index (χ2n) is 4.52. The Balaban J connectivity index is 2.08. The van der Waals surface area contributed by atoms with Crippen LogP contribution in [0.1, 0.15) is 31.7 Å². The topological polar surface area (TPSA) is 26.3 Å². The van der Waals surface area contributed by atoms with Crippen molar-refractivity contribution >= 4 is 11.9 Å². The second-order valence-corrected chi connectivity index (χ2v) is 4.52. The fourth-order valence-electron chi connectivity index (χ4n) is 1.96. The first-order valence-corrected chi connectivity index (χ1v) is 6.36. The molecule has 1 saturated carbocycles. The predicted octanol–water partition coefficient (Wildman–Crippen LogP) is 3.78. The van der Waals surface area contributed by atoms with E-state index < -0.39 is 0 Å². The summed E-state index contributed by atoms with van der Waals surface area (Å²) in [6.07, 6.45) is 4.56. The number of carbonyl (C=O) groups is 1. The lowest BCUT2D eigenvalue weighted by Crippen LogP contribution is -1.95. The standard InChI is InChI=1S/C16H18O2/c1-3-10-18-15-8-5-13(6-9-15)11-14-7-4-12(2)16(14)17/h5-6,8-9,11H,2-4,7,10H2,1H3. The monoisotopic (exact) mass is 242 g/mol. The molecule has 0 atom stereocenters. The zero-order valence-electron chi connectivity index (χ0n) is 10.7. The Morgan fingerprint density at radius 1 is 1.28 bits per heavy atom. The van der Waals surface area contributed by atoms with E-state index in [4.69, 9.17) is 4.74 Å². The Morgan fingerprint density at radius 2 is 2.00 bits per heavy atom. The Bertz CT molecular complexity index is 480. The Kier molecular flexibility index (Phi) is 3.98. The van der Waals surface area contributed by atoms with Gasteiger partial charge in [0.05, 0.1) is 6.61 Å². The summed E-state index contributed by atoms with van der Waals surface area (Å²) in [5.41, 5.74) is 2.63. The number of rotatable bonds is 4. The molecule has 0 saturated heterocycles. The molecule has 1 aliphatic rings. The highest BCUT2D eigenvalue weighted by Gasteiger charge is 2.20. The second kappa shape index (κ2) is 5.67. The van der Waals surface area contributed by atoms with Gasteiger partial charge in [0.2, 0.25) is 0 Å². The van der Waals surface area contributed by atoms with Crippen LogP contribution in [0.25, 0.3) is 6.08 Å². The van der Waals surface area contributed by atoms with E-state index in [-0.39, 0.29) is 5.78 Å². The van der Waals surface area contributed by atoms with Crippen molar-refractivity contribution in [3.05, 3.63) is 47.6 Å². The first-order chi connectivity index (χ1) is 8.70. The fourth-order valence-corrected chi connectivity index (χ4v) is 1.96. The summed E-state index contributed by atoms with van der Waals surface area (Å²) in [6.45, 7) is 6.58. The minimum Gasteiger partial charge on any atom is -0.494 e. The Hall–Kier alpha value is -1.83. The highest BCUT2D eigenvalue weighted by Crippen LogP contribution is 2.26. The van der Waals surface area contributed by atoms with Crippen LogP contribution in [0.3, 0.4) is 0 Å².